The molecular weight excluding hydrogens is 169 g/mol. The third kappa shape index (κ3) is 1.50. The average Bonchev–Trinajstić information content (AvgIpc) is 2.11. The molecular formula is C4H3F3O2S. The van der Waals surface area contributed by atoms with Crippen molar-refractivity contribution in [2.45, 2.75) is 12.3 Å². The van der Waals surface area contributed by atoms with Gasteiger partial charge in [0, 0.05) is 12.2 Å². The molecule has 1 atom stereocenters. The van der Waals surface area contributed by atoms with E-state index >= 15 is 0 Å². The summed E-state index contributed by atoms with van der Waals surface area (Å²) in [6, 6.07) is 0. The van der Waals surface area contributed by atoms with Crippen LogP contribution < -0.4 is 0 Å². The van der Waals surface area contributed by atoms with Crippen LogP contribution in [0.3, 0.4) is 0 Å². The Labute approximate surface area is 59.9 Å². The Hall–Kier alpha value is -0.520. The van der Waals surface area contributed by atoms with Gasteiger partial charge in [0.05, 0.1) is 0 Å². The molecule has 0 spiro atoms. The second-order valence-electron chi connectivity index (χ2n) is 1.71. The topological polar surface area (TPSA) is 18.5 Å². The minimum atomic E-state index is -4.37. The van der Waals surface area contributed by atoms with Crippen LogP contribution in [0.15, 0.2) is 0 Å². The first kappa shape index (κ1) is 7.59. The van der Waals surface area contributed by atoms with Crippen LogP contribution in [0.25, 0.3) is 0 Å². The molecule has 0 radical (unpaired) electrons. The van der Waals surface area contributed by atoms with Crippen molar-refractivity contribution in [2.75, 3.05) is 6.61 Å². The minimum Gasteiger partial charge on any atom is -0.453 e. The fourth-order valence-corrected chi connectivity index (χ4v) is 0.673. The van der Waals surface area contributed by atoms with E-state index in [1.165, 1.54) is 0 Å². The Bertz CT molecular complexity index is 155. The second-order valence-corrected chi connectivity index (χ2v) is 2.04. The summed E-state index contributed by atoms with van der Waals surface area (Å²) in [6.07, 6.45) is -6.25. The van der Waals surface area contributed by atoms with Gasteiger partial charge in [-0.15, -0.1) is 0 Å². The maximum Gasteiger partial charge on any atom is 0.428 e. The van der Waals surface area contributed by atoms with E-state index in [0.29, 0.717) is 0 Å². The van der Waals surface area contributed by atoms with Crippen LogP contribution >= 0.6 is 12.2 Å². The van der Waals surface area contributed by atoms with Crippen LogP contribution in [0.2, 0.25) is 0 Å². The molecule has 10 heavy (non-hydrogen) atoms. The molecule has 1 saturated heterocycles. The largest absolute Gasteiger partial charge is 0.453 e. The van der Waals surface area contributed by atoms with Crippen LogP contribution in [0.1, 0.15) is 0 Å². The molecule has 1 unspecified atom stereocenters. The van der Waals surface area contributed by atoms with Crippen molar-refractivity contribution < 1.29 is 22.6 Å². The Kier molecular flexibility index (Phi) is 1.72. The lowest BCUT2D eigenvalue weighted by atomic mass is 10.4. The third-order valence-electron chi connectivity index (χ3n) is 0.956. The zero-order valence-corrected chi connectivity index (χ0v) is 5.46. The van der Waals surface area contributed by atoms with Crippen LogP contribution in [-0.4, -0.2) is 24.1 Å². The monoisotopic (exact) mass is 172 g/mol. The number of rotatable bonds is 0. The van der Waals surface area contributed by atoms with Crippen molar-refractivity contribution >= 4 is 17.5 Å². The van der Waals surface area contributed by atoms with Crippen molar-refractivity contribution in [3.8, 4) is 0 Å². The molecule has 0 N–H and O–H groups in total. The van der Waals surface area contributed by atoms with Crippen LogP contribution in [0.4, 0.5) is 13.2 Å². The van der Waals surface area contributed by atoms with Crippen molar-refractivity contribution in [1.82, 2.24) is 0 Å². The molecule has 1 aliphatic heterocycles. The van der Waals surface area contributed by atoms with E-state index in [9.17, 15) is 13.2 Å². The first-order valence-corrected chi connectivity index (χ1v) is 2.81. The quantitative estimate of drug-likeness (QED) is 0.512. The molecule has 1 rings (SSSR count). The van der Waals surface area contributed by atoms with Gasteiger partial charge in [0.2, 0.25) is 6.10 Å². The minimum absolute atomic E-state index is 0.428. The molecule has 0 aromatic rings. The van der Waals surface area contributed by atoms with Gasteiger partial charge in [-0.3, -0.25) is 0 Å². The summed E-state index contributed by atoms with van der Waals surface area (Å²) in [7, 11) is 0. The highest BCUT2D eigenvalue weighted by atomic mass is 32.1. The highest BCUT2D eigenvalue weighted by molar-refractivity contribution is 7.79. The van der Waals surface area contributed by atoms with E-state index in [-0.39, 0.29) is 0 Å². The molecule has 0 saturated carbocycles. The maximum absolute atomic E-state index is 11.7. The summed E-state index contributed by atoms with van der Waals surface area (Å²) in [5.41, 5.74) is 0. The Morgan fingerprint density at radius 2 is 2.10 bits per heavy atom. The lowest BCUT2D eigenvalue weighted by molar-refractivity contribution is -0.191. The zero-order valence-electron chi connectivity index (χ0n) is 4.64. The Balaban J connectivity index is 2.53. The molecule has 1 heterocycles. The van der Waals surface area contributed by atoms with Crippen LogP contribution in [0.5, 0.6) is 0 Å². The lowest BCUT2D eigenvalue weighted by Crippen LogP contribution is -2.30. The number of hydrogen-bond acceptors (Lipinski definition) is 3. The van der Waals surface area contributed by atoms with E-state index in [2.05, 4.69) is 21.7 Å². The molecule has 0 amide bonds. The van der Waals surface area contributed by atoms with Gasteiger partial charge in [-0.05, 0) is 0 Å². The van der Waals surface area contributed by atoms with Gasteiger partial charge in [-0.2, -0.15) is 13.2 Å². The third-order valence-corrected chi connectivity index (χ3v) is 1.17. The van der Waals surface area contributed by atoms with Gasteiger partial charge in [0.1, 0.15) is 6.61 Å². The molecule has 0 bridgehead atoms. The molecule has 0 aromatic carbocycles. The maximum atomic E-state index is 11.7. The fourth-order valence-electron chi connectivity index (χ4n) is 0.489. The standard InChI is InChI=1S/C4H3F3O2S/c5-4(6,7)2-1-8-3(10)9-2/h2H,1H2. The summed E-state index contributed by atoms with van der Waals surface area (Å²) < 4.78 is 43.4. The predicted octanol–water partition coefficient (Wildman–Crippen LogP) is 1.25. The van der Waals surface area contributed by atoms with Gasteiger partial charge in [-0.1, -0.05) is 0 Å². The highest BCUT2D eigenvalue weighted by Crippen LogP contribution is 2.26. The van der Waals surface area contributed by atoms with E-state index in [4.69, 9.17) is 0 Å². The molecule has 2 nitrogen and oxygen atoms in total. The summed E-state index contributed by atoms with van der Waals surface area (Å²) in [5.74, 6) is 0. The first-order chi connectivity index (χ1) is 4.50. The van der Waals surface area contributed by atoms with Gasteiger partial charge in [-0.25, -0.2) is 0 Å². The molecule has 58 valence electrons. The SMILES string of the molecule is FC(F)(F)C1COC(=S)O1. The number of thiocarbonyl (C=S) groups is 1. The molecule has 6 heteroatoms. The molecule has 1 fully saturated rings. The van der Waals surface area contributed by atoms with E-state index in [1.807, 2.05) is 0 Å². The van der Waals surface area contributed by atoms with Gasteiger partial charge in [0.15, 0.2) is 0 Å². The molecule has 0 aromatic heterocycles. The Morgan fingerprint density at radius 3 is 2.30 bits per heavy atom. The van der Waals surface area contributed by atoms with Crippen LogP contribution in [0, 0.1) is 0 Å². The highest BCUT2D eigenvalue weighted by Gasteiger charge is 2.46. The number of ether oxygens (including phenoxy) is 2. The fraction of sp³-hybridized carbons (Fsp3) is 0.750. The smallest absolute Gasteiger partial charge is 0.428 e. The molecule has 0 aliphatic carbocycles. The molecule has 1 aliphatic rings. The zero-order chi connectivity index (χ0) is 7.78. The van der Waals surface area contributed by atoms with Gasteiger partial charge >= 0.3 is 11.4 Å². The average molecular weight is 172 g/mol. The van der Waals surface area contributed by atoms with Crippen molar-refractivity contribution in [3.05, 3.63) is 0 Å². The normalized spacial score (nSPS) is 25.9. The van der Waals surface area contributed by atoms with Crippen molar-refractivity contribution in [2.24, 2.45) is 0 Å². The van der Waals surface area contributed by atoms with Crippen molar-refractivity contribution in [3.63, 3.8) is 0 Å². The summed E-state index contributed by atoms with van der Waals surface area (Å²) >= 11 is 4.22. The van der Waals surface area contributed by atoms with E-state index in [1.54, 1.807) is 0 Å². The van der Waals surface area contributed by atoms with Gasteiger partial charge < -0.3 is 9.47 Å². The number of halogens is 3. The van der Waals surface area contributed by atoms with E-state index < -0.39 is 24.1 Å². The Morgan fingerprint density at radius 1 is 1.50 bits per heavy atom. The van der Waals surface area contributed by atoms with Crippen molar-refractivity contribution in [1.29, 1.82) is 0 Å². The summed E-state index contributed by atoms with van der Waals surface area (Å²) in [5, 5.41) is -0.428. The van der Waals surface area contributed by atoms with Crippen LogP contribution in [-0.2, 0) is 9.47 Å². The summed E-state index contributed by atoms with van der Waals surface area (Å²) in [4.78, 5) is 0. The first-order valence-electron chi connectivity index (χ1n) is 2.40. The van der Waals surface area contributed by atoms with E-state index in [0.717, 1.165) is 0 Å². The number of alkyl halides is 3. The number of hydrogen-bond donors (Lipinski definition) is 0. The van der Waals surface area contributed by atoms with Gasteiger partial charge in [0.25, 0.3) is 0 Å². The second kappa shape index (κ2) is 2.26. The predicted molar refractivity (Wildman–Crippen MR) is 29.5 cm³/mol. The summed E-state index contributed by atoms with van der Waals surface area (Å²) in [6.45, 7) is -0.525. The lowest BCUT2D eigenvalue weighted by Gasteiger charge is -2.09.